The van der Waals surface area contributed by atoms with Gasteiger partial charge in [0.15, 0.2) is 0 Å². The maximum atomic E-state index is 11.0. The molecule has 5 heteroatoms. The van der Waals surface area contributed by atoms with Crippen molar-refractivity contribution in [1.29, 1.82) is 0 Å². The Morgan fingerprint density at radius 3 is 3.17 bits per heavy atom. The van der Waals surface area contributed by atoms with Crippen LogP contribution in [-0.4, -0.2) is 28.7 Å². The monoisotopic (exact) mass is 205 g/mol. The molecule has 3 nitrogen and oxygen atoms in total. The van der Waals surface area contributed by atoms with Crippen molar-refractivity contribution in [3.8, 4) is 0 Å². The van der Waals surface area contributed by atoms with E-state index in [1.54, 1.807) is 0 Å². The molecule has 1 N–H and O–H groups in total. The number of esters is 1. The summed E-state index contributed by atoms with van der Waals surface area (Å²) in [6, 6.07) is -0.212. The normalized spacial score (nSPS) is 22.1. The Balaban J connectivity index is 2.30. The first-order valence-corrected chi connectivity index (χ1v) is 5.23. The van der Waals surface area contributed by atoms with E-state index >= 15 is 0 Å². The van der Waals surface area contributed by atoms with Crippen molar-refractivity contribution in [2.24, 2.45) is 0 Å². The van der Waals surface area contributed by atoms with Gasteiger partial charge in [0.05, 0.1) is 6.61 Å². The van der Waals surface area contributed by atoms with Crippen LogP contribution in [0.1, 0.15) is 13.3 Å². The van der Waals surface area contributed by atoms with Crippen molar-refractivity contribution in [3.05, 3.63) is 0 Å². The maximum Gasteiger partial charge on any atom is 0.328 e. The van der Waals surface area contributed by atoms with E-state index in [1.165, 1.54) is 11.8 Å². The Labute approximate surface area is 81.2 Å². The molecular formula is C7H11NO2S2. The van der Waals surface area contributed by atoms with Gasteiger partial charge in [-0.1, -0.05) is 30.9 Å². The van der Waals surface area contributed by atoms with Crippen LogP contribution in [0.25, 0.3) is 0 Å². The lowest BCUT2D eigenvalue weighted by molar-refractivity contribution is -0.139. The van der Waals surface area contributed by atoms with Crippen LogP contribution in [0, 0.1) is 0 Å². The number of rotatable bonds is 2. The Bertz CT molecular complexity index is 196. The average Bonchev–Trinajstić information content (AvgIpc) is 2.37. The standard InChI is InChI=1S/C7H11NO2S2/c1-2-12-7(11)8-5-3-4-10-6(5)9/h5H,2-4H2,1H3,(H,8,11)/t5-/m0/s1. The Kier molecular flexibility index (Phi) is 3.81. The fourth-order valence-electron chi connectivity index (χ4n) is 0.942. The molecule has 68 valence electrons. The lowest BCUT2D eigenvalue weighted by atomic mass is 10.3. The van der Waals surface area contributed by atoms with Crippen LogP contribution in [-0.2, 0) is 9.53 Å². The summed E-state index contributed by atoms with van der Waals surface area (Å²) in [4.78, 5) is 11.0. The van der Waals surface area contributed by atoms with Gasteiger partial charge in [0.1, 0.15) is 10.4 Å². The van der Waals surface area contributed by atoms with Gasteiger partial charge in [0.25, 0.3) is 0 Å². The largest absolute Gasteiger partial charge is 0.464 e. The molecule has 1 fully saturated rings. The molecule has 12 heavy (non-hydrogen) atoms. The Morgan fingerprint density at radius 2 is 2.67 bits per heavy atom. The second-order valence-corrected chi connectivity index (χ2v) is 4.31. The zero-order valence-electron chi connectivity index (χ0n) is 6.83. The molecule has 1 aliphatic rings. The van der Waals surface area contributed by atoms with Gasteiger partial charge in [0.2, 0.25) is 0 Å². The van der Waals surface area contributed by atoms with E-state index in [4.69, 9.17) is 17.0 Å². The highest BCUT2D eigenvalue weighted by atomic mass is 32.2. The number of hydrogen-bond donors (Lipinski definition) is 1. The Morgan fingerprint density at radius 1 is 1.92 bits per heavy atom. The van der Waals surface area contributed by atoms with E-state index in [0.717, 1.165) is 12.2 Å². The van der Waals surface area contributed by atoms with Gasteiger partial charge in [0, 0.05) is 6.42 Å². The molecule has 0 radical (unpaired) electrons. The molecule has 1 aliphatic heterocycles. The van der Waals surface area contributed by atoms with E-state index < -0.39 is 0 Å². The fourth-order valence-corrected chi connectivity index (χ4v) is 1.93. The lowest BCUT2D eigenvalue weighted by Crippen LogP contribution is -2.35. The van der Waals surface area contributed by atoms with Crippen molar-refractivity contribution < 1.29 is 9.53 Å². The summed E-state index contributed by atoms with van der Waals surface area (Å²) in [7, 11) is 0. The quantitative estimate of drug-likeness (QED) is 0.536. The first kappa shape index (κ1) is 9.80. The Hall–Kier alpha value is -0.290. The van der Waals surface area contributed by atoms with E-state index in [2.05, 4.69) is 5.32 Å². The third-order valence-electron chi connectivity index (χ3n) is 1.50. The van der Waals surface area contributed by atoms with Crippen LogP contribution in [0.2, 0.25) is 0 Å². The van der Waals surface area contributed by atoms with Gasteiger partial charge in [-0.2, -0.15) is 0 Å². The topological polar surface area (TPSA) is 38.3 Å². The van der Waals surface area contributed by atoms with Crippen LogP contribution in [0.5, 0.6) is 0 Å². The van der Waals surface area contributed by atoms with E-state index in [-0.39, 0.29) is 12.0 Å². The predicted octanol–water partition coefficient (Wildman–Crippen LogP) is 0.929. The molecule has 0 amide bonds. The zero-order chi connectivity index (χ0) is 8.97. The zero-order valence-corrected chi connectivity index (χ0v) is 8.46. The third-order valence-corrected chi connectivity index (χ3v) is 2.64. The van der Waals surface area contributed by atoms with Crippen LogP contribution < -0.4 is 5.32 Å². The molecule has 0 aromatic heterocycles. The fraction of sp³-hybridized carbons (Fsp3) is 0.714. The highest BCUT2D eigenvalue weighted by Crippen LogP contribution is 2.09. The molecule has 1 saturated heterocycles. The highest BCUT2D eigenvalue weighted by Gasteiger charge is 2.26. The van der Waals surface area contributed by atoms with Gasteiger partial charge in [-0.15, -0.1) is 0 Å². The summed E-state index contributed by atoms with van der Waals surface area (Å²) >= 11 is 6.52. The number of ether oxygens (including phenoxy) is 1. The van der Waals surface area contributed by atoms with Crippen molar-refractivity contribution >= 4 is 34.3 Å². The summed E-state index contributed by atoms with van der Waals surface area (Å²) < 4.78 is 5.46. The minimum atomic E-state index is -0.212. The molecular weight excluding hydrogens is 194 g/mol. The molecule has 0 bridgehead atoms. The third kappa shape index (κ3) is 2.64. The molecule has 1 heterocycles. The second-order valence-electron chi connectivity index (χ2n) is 2.37. The van der Waals surface area contributed by atoms with Gasteiger partial charge in [-0.05, 0) is 5.75 Å². The number of thioether (sulfide) groups is 1. The van der Waals surface area contributed by atoms with Gasteiger partial charge in [-0.25, -0.2) is 4.79 Å². The van der Waals surface area contributed by atoms with Crippen LogP contribution in [0.3, 0.4) is 0 Å². The minimum Gasteiger partial charge on any atom is -0.464 e. The van der Waals surface area contributed by atoms with Gasteiger partial charge >= 0.3 is 5.97 Å². The number of hydrogen-bond acceptors (Lipinski definition) is 4. The average molecular weight is 205 g/mol. The molecule has 1 rings (SSSR count). The van der Waals surface area contributed by atoms with Crippen LogP contribution in [0.4, 0.5) is 0 Å². The number of thiocarbonyl (C=S) groups is 1. The summed E-state index contributed by atoms with van der Waals surface area (Å²) in [6.07, 6.45) is 0.725. The first-order chi connectivity index (χ1) is 5.74. The van der Waals surface area contributed by atoms with Crippen LogP contribution >= 0.6 is 24.0 Å². The lowest BCUT2D eigenvalue weighted by Gasteiger charge is -2.09. The van der Waals surface area contributed by atoms with Crippen molar-refractivity contribution in [2.75, 3.05) is 12.4 Å². The highest BCUT2D eigenvalue weighted by molar-refractivity contribution is 8.22. The maximum absolute atomic E-state index is 11.0. The first-order valence-electron chi connectivity index (χ1n) is 3.84. The summed E-state index contributed by atoms with van der Waals surface area (Å²) in [5.74, 6) is 0.738. The number of cyclic esters (lactones) is 1. The van der Waals surface area contributed by atoms with E-state index in [0.29, 0.717) is 10.9 Å². The number of nitrogens with one attached hydrogen (secondary N) is 1. The van der Waals surface area contributed by atoms with E-state index in [9.17, 15) is 4.79 Å². The second kappa shape index (κ2) is 4.67. The predicted molar refractivity (Wildman–Crippen MR) is 53.2 cm³/mol. The summed E-state index contributed by atoms with van der Waals surface area (Å²) in [5, 5.41) is 2.95. The van der Waals surface area contributed by atoms with Gasteiger partial charge in [-0.3, -0.25) is 0 Å². The summed E-state index contributed by atoms with van der Waals surface area (Å²) in [6.45, 7) is 2.53. The van der Waals surface area contributed by atoms with Crippen LogP contribution in [0.15, 0.2) is 0 Å². The molecule has 0 aromatic rings. The summed E-state index contributed by atoms with van der Waals surface area (Å²) in [5.41, 5.74) is 0. The number of carbonyl (C=O) groups is 1. The van der Waals surface area contributed by atoms with E-state index in [1.807, 2.05) is 6.92 Å². The smallest absolute Gasteiger partial charge is 0.328 e. The molecule has 1 atom stereocenters. The molecule has 0 aliphatic carbocycles. The van der Waals surface area contributed by atoms with Crippen molar-refractivity contribution in [2.45, 2.75) is 19.4 Å². The molecule has 0 unspecified atom stereocenters. The number of carbonyl (C=O) groups excluding carboxylic acids is 1. The molecule has 0 spiro atoms. The van der Waals surface area contributed by atoms with Crippen molar-refractivity contribution in [1.82, 2.24) is 5.32 Å². The minimum absolute atomic E-state index is 0.186. The molecule has 0 aromatic carbocycles. The molecule has 0 saturated carbocycles. The van der Waals surface area contributed by atoms with Gasteiger partial charge < -0.3 is 10.1 Å². The SMILES string of the molecule is CCSC(=S)N[C@H]1CCOC1=O. The van der Waals surface area contributed by atoms with Crippen molar-refractivity contribution in [3.63, 3.8) is 0 Å².